The van der Waals surface area contributed by atoms with Crippen LogP contribution < -0.4 is 11.1 Å². The van der Waals surface area contributed by atoms with E-state index in [0.29, 0.717) is 6.54 Å². The molecule has 4 heteroatoms. The number of amides is 2. The molecule has 0 radical (unpaired) electrons. The van der Waals surface area contributed by atoms with Crippen molar-refractivity contribution < 1.29 is 4.79 Å². The fourth-order valence-corrected chi connectivity index (χ4v) is 1.13. The van der Waals surface area contributed by atoms with Crippen molar-refractivity contribution in [2.24, 2.45) is 5.73 Å². The largest absolute Gasteiger partial charge is 0.341 e. The van der Waals surface area contributed by atoms with Crippen LogP contribution in [0.1, 0.15) is 6.42 Å². The summed E-state index contributed by atoms with van der Waals surface area (Å²) in [6.45, 7) is 1.49. The second-order valence-electron chi connectivity index (χ2n) is 2.55. The average molecular weight is 143 g/mol. The molecule has 2 amide bonds. The van der Waals surface area contributed by atoms with Crippen LogP contribution in [0.3, 0.4) is 0 Å². The van der Waals surface area contributed by atoms with Crippen LogP contribution in [0, 0.1) is 0 Å². The van der Waals surface area contributed by atoms with Gasteiger partial charge in [0.05, 0.1) is 0 Å². The standard InChI is InChI=1S/C6H13N3O/c1-8-6(10)9-3-2-5(7)4-9/h5H,2-4,7H2,1H3,(H,8,10)/t5-/m1/s1. The molecule has 0 aromatic heterocycles. The minimum Gasteiger partial charge on any atom is -0.341 e. The smallest absolute Gasteiger partial charge is 0.317 e. The third-order valence-electron chi connectivity index (χ3n) is 1.73. The lowest BCUT2D eigenvalue weighted by Gasteiger charge is -2.13. The summed E-state index contributed by atoms with van der Waals surface area (Å²) in [5.74, 6) is 0. The molecule has 1 saturated heterocycles. The molecule has 1 rings (SSSR count). The molecule has 0 aromatic rings. The Labute approximate surface area is 60.4 Å². The van der Waals surface area contributed by atoms with Crippen molar-refractivity contribution in [1.29, 1.82) is 0 Å². The van der Waals surface area contributed by atoms with Crippen LogP contribution in [0.5, 0.6) is 0 Å². The first-order valence-electron chi connectivity index (χ1n) is 3.46. The second-order valence-corrected chi connectivity index (χ2v) is 2.55. The van der Waals surface area contributed by atoms with Crippen molar-refractivity contribution in [2.75, 3.05) is 20.1 Å². The maximum absolute atomic E-state index is 10.9. The van der Waals surface area contributed by atoms with E-state index in [1.807, 2.05) is 0 Å². The van der Waals surface area contributed by atoms with Gasteiger partial charge in [0.25, 0.3) is 0 Å². The second kappa shape index (κ2) is 2.88. The fraction of sp³-hybridized carbons (Fsp3) is 0.833. The van der Waals surface area contributed by atoms with Crippen LogP contribution in [-0.2, 0) is 0 Å². The zero-order valence-corrected chi connectivity index (χ0v) is 6.13. The summed E-state index contributed by atoms with van der Waals surface area (Å²) >= 11 is 0. The molecule has 1 heterocycles. The Morgan fingerprint density at radius 2 is 2.50 bits per heavy atom. The van der Waals surface area contributed by atoms with Crippen molar-refractivity contribution in [2.45, 2.75) is 12.5 Å². The van der Waals surface area contributed by atoms with Gasteiger partial charge in [-0.2, -0.15) is 0 Å². The molecule has 4 nitrogen and oxygen atoms in total. The molecule has 0 unspecified atom stereocenters. The summed E-state index contributed by atoms with van der Waals surface area (Å²) in [5.41, 5.74) is 5.60. The van der Waals surface area contributed by atoms with E-state index in [1.165, 1.54) is 0 Å². The van der Waals surface area contributed by atoms with Crippen molar-refractivity contribution in [3.05, 3.63) is 0 Å². The topological polar surface area (TPSA) is 58.4 Å². The van der Waals surface area contributed by atoms with Crippen molar-refractivity contribution in [1.82, 2.24) is 10.2 Å². The number of rotatable bonds is 0. The molecule has 1 aliphatic rings. The van der Waals surface area contributed by atoms with E-state index in [-0.39, 0.29) is 12.1 Å². The number of carbonyl (C=O) groups is 1. The lowest BCUT2D eigenvalue weighted by atomic mass is 10.3. The third kappa shape index (κ3) is 1.39. The van der Waals surface area contributed by atoms with Crippen LogP contribution in [0.25, 0.3) is 0 Å². The van der Waals surface area contributed by atoms with Gasteiger partial charge < -0.3 is 16.0 Å². The molecule has 0 bridgehead atoms. The number of nitrogens with zero attached hydrogens (tertiary/aromatic N) is 1. The summed E-state index contributed by atoms with van der Waals surface area (Å²) in [4.78, 5) is 12.6. The Kier molecular flexibility index (Phi) is 2.11. The van der Waals surface area contributed by atoms with Crippen LogP contribution in [0.2, 0.25) is 0 Å². The van der Waals surface area contributed by atoms with Gasteiger partial charge >= 0.3 is 6.03 Å². The van der Waals surface area contributed by atoms with E-state index in [2.05, 4.69) is 5.32 Å². The van der Waals surface area contributed by atoms with E-state index < -0.39 is 0 Å². The summed E-state index contributed by atoms with van der Waals surface area (Å²) in [7, 11) is 1.63. The van der Waals surface area contributed by atoms with Crippen LogP contribution in [0.4, 0.5) is 4.79 Å². The molecule has 1 aliphatic heterocycles. The van der Waals surface area contributed by atoms with E-state index in [0.717, 1.165) is 13.0 Å². The maximum atomic E-state index is 10.9. The Balaban J connectivity index is 2.37. The number of nitrogens with one attached hydrogen (secondary N) is 1. The molecule has 0 spiro atoms. The molecule has 58 valence electrons. The molecule has 1 atom stereocenters. The Bertz CT molecular complexity index is 137. The van der Waals surface area contributed by atoms with Crippen LogP contribution in [0.15, 0.2) is 0 Å². The van der Waals surface area contributed by atoms with Gasteiger partial charge in [-0.25, -0.2) is 4.79 Å². The maximum Gasteiger partial charge on any atom is 0.317 e. The Morgan fingerprint density at radius 1 is 1.80 bits per heavy atom. The zero-order chi connectivity index (χ0) is 7.56. The minimum atomic E-state index is -0.0204. The predicted octanol–water partition coefficient (Wildman–Crippen LogP) is -0.641. The number of carbonyl (C=O) groups excluding carboxylic acids is 1. The first-order chi connectivity index (χ1) is 4.74. The van der Waals surface area contributed by atoms with Gasteiger partial charge in [0.2, 0.25) is 0 Å². The highest BCUT2D eigenvalue weighted by Crippen LogP contribution is 2.05. The van der Waals surface area contributed by atoms with E-state index in [1.54, 1.807) is 11.9 Å². The lowest BCUT2D eigenvalue weighted by Crippen LogP contribution is -2.37. The highest BCUT2D eigenvalue weighted by Gasteiger charge is 2.22. The number of hydrogen-bond acceptors (Lipinski definition) is 2. The van der Waals surface area contributed by atoms with E-state index >= 15 is 0 Å². The van der Waals surface area contributed by atoms with E-state index in [9.17, 15) is 4.79 Å². The molecule has 0 aromatic carbocycles. The SMILES string of the molecule is CNC(=O)N1CC[C@@H](N)C1. The third-order valence-corrected chi connectivity index (χ3v) is 1.73. The van der Waals surface area contributed by atoms with Gasteiger partial charge in [-0.05, 0) is 6.42 Å². The van der Waals surface area contributed by atoms with Crippen molar-refractivity contribution >= 4 is 6.03 Å². The molecule has 0 aliphatic carbocycles. The number of urea groups is 1. The van der Waals surface area contributed by atoms with E-state index in [4.69, 9.17) is 5.73 Å². The van der Waals surface area contributed by atoms with Gasteiger partial charge in [0, 0.05) is 26.2 Å². The van der Waals surface area contributed by atoms with Gasteiger partial charge in [0.15, 0.2) is 0 Å². The Morgan fingerprint density at radius 3 is 2.90 bits per heavy atom. The fourth-order valence-electron chi connectivity index (χ4n) is 1.13. The lowest BCUT2D eigenvalue weighted by molar-refractivity contribution is 0.210. The summed E-state index contributed by atoms with van der Waals surface area (Å²) in [5, 5.41) is 2.56. The molecule has 1 fully saturated rings. The van der Waals surface area contributed by atoms with Crippen molar-refractivity contribution in [3.63, 3.8) is 0 Å². The van der Waals surface area contributed by atoms with Crippen LogP contribution >= 0.6 is 0 Å². The average Bonchev–Trinajstić information content (AvgIpc) is 2.34. The first-order valence-corrected chi connectivity index (χ1v) is 3.46. The predicted molar refractivity (Wildman–Crippen MR) is 38.6 cm³/mol. The van der Waals surface area contributed by atoms with Gasteiger partial charge in [-0.1, -0.05) is 0 Å². The monoisotopic (exact) mass is 143 g/mol. The summed E-state index contributed by atoms with van der Waals surface area (Å²) in [6, 6.07) is 0.158. The first kappa shape index (κ1) is 7.34. The number of hydrogen-bond donors (Lipinski definition) is 2. The highest BCUT2D eigenvalue weighted by molar-refractivity contribution is 5.74. The molecule has 0 saturated carbocycles. The van der Waals surface area contributed by atoms with Gasteiger partial charge in [-0.15, -0.1) is 0 Å². The number of nitrogens with two attached hydrogens (primary N) is 1. The highest BCUT2D eigenvalue weighted by atomic mass is 16.2. The minimum absolute atomic E-state index is 0.0204. The van der Waals surface area contributed by atoms with Crippen molar-refractivity contribution in [3.8, 4) is 0 Å². The quantitative estimate of drug-likeness (QED) is 0.474. The Hall–Kier alpha value is -0.770. The normalized spacial score (nSPS) is 25.0. The molecule has 3 N–H and O–H groups in total. The van der Waals surface area contributed by atoms with Gasteiger partial charge in [0.1, 0.15) is 0 Å². The van der Waals surface area contributed by atoms with Gasteiger partial charge in [-0.3, -0.25) is 0 Å². The molecular formula is C6H13N3O. The zero-order valence-electron chi connectivity index (χ0n) is 6.13. The molecular weight excluding hydrogens is 130 g/mol. The van der Waals surface area contributed by atoms with Crippen LogP contribution in [-0.4, -0.2) is 37.1 Å². The molecule has 10 heavy (non-hydrogen) atoms. The summed E-state index contributed by atoms with van der Waals surface area (Å²) in [6.07, 6.45) is 0.924. The summed E-state index contributed by atoms with van der Waals surface area (Å²) < 4.78 is 0. The number of likely N-dealkylation sites (tertiary alicyclic amines) is 1.